The van der Waals surface area contributed by atoms with Crippen LogP contribution in [-0.4, -0.2) is 26.7 Å². The number of halogens is 1. The minimum Gasteiger partial charge on any atom is -0.479 e. The first kappa shape index (κ1) is 18.7. The molecule has 0 unspecified atom stereocenters. The van der Waals surface area contributed by atoms with E-state index in [0.29, 0.717) is 5.82 Å². The fraction of sp³-hybridized carbons (Fsp3) is 0.375. The lowest BCUT2D eigenvalue weighted by Crippen LogP contribution is -2.31. The van der Waals surface area contributed by atoms with Gasteiger partial charge in [0.25, 0.3) is 11.6 Å². The fourth-order valence-corrected chi connectivity index (χ4v) is 2.33. The highest BCUT2D eigenvalue weighted by atomic mass is 35.5. The maximum absolute atomic E-state index is 12.3. The predicted molar refractivity (Wildman–Crippen MR) is 94.1 cm³/mol. The third kappa shape index (κ3) is 4.48. The Labute approximate surface area is 149 Å². The van der Waals surface area contributed by atoms with Crippen LogP contribution in [0, 0.1) is 10.1 Å². The summed E-state index contributed by atoms with van der Waals surface area (Å²) in [6, 6.07) is 5.66. The second-order valence-electron chi connectivity index (χ2n) is 5.54. The molecule has 25 heavy (non-hydrogen) atoms. The predicted octanol–water partition coefficient (Wildman–Crippen LogP) is 3.82. The summed E-state index contributed by atoms with van der Waals surface area (Å²) < 4.78 is 7.25. The Kier molecular flexibility index (Phi) is 5.97. The number of nitro groups is 1. The van der Waals surface area contributed by atoms with E-state index in [2.05, 4.69) is 10.4 Å². The zero-order valence-corrected chi connectivity index (χ0v) is 14.9. The molecular weight excluding hydrogens is 348 g/mol. The van der Waals surface area contributed by atoms with Crippen LogP contribution in [0.4, 0.5) is 11.5 Å². The Bertz CT molecular complexity index is 777. The summed E-state index contributed by atoms with van der Waals surface area (Å²) in [4.78, 5) is 22.5. The Morgan fingerprint density at radius 2 is 2.16 bits per heavy atom. The number of hydrogen-bond acceptors (Lipinski definition) is 5. The molecule has 1 aromatic heterocycles. The number of benzene rings is 1. The maximum atomic E-state index is 12.3. The smallest absolute Gasteiger partial charge is 0.271 e. The van der Waals surface area contributed by atoms with Crippen molar-refractivity contribution in [2.24, 2.45) is 0 Å². The lowest BCUT2D eigenvalue weighted by Gasteiger charge is -2.18. The van der Waals surface area contributed by atoms with Gasteiger partial charge in [0.15, 0.2) is 6.10 Å². The van der Waals surface area contributed by atoms with Gasteiger partial charge in [-0.15, -0.1) is 0 Å². The van der Waals surface area contributed by atoms with Gasteiger partial charge in [-0.05, 0) is 26.3 Å². The van der Waals surface area contributed by atoms with Crippen molar-refractivity contribution >= 4 is 29.0 Å². The number of amides is 1. The summed E-state index contributed by atoms with van der Waals surface area (Å²) in [6.07, 6.45) is 1.63. The summed E-state index contributed by atoms with van der Waals surface area (Å²) in [5.74, 6) is 0.398. The van der Waals surface area contributed by atoms with Crippen molar-refractivity contribution in [3.8, 4) is 5.75 Å². The maximum Gasteiger partial charge on any atom is 0.271 e. The Morgan fingerprint density at radius 1 is 1.44 bits per heavy atom. The monoisotopic (exact) mass is 366 g/mol. The molecule has 134 valence electrons. The van der Waals surface area contributed by atoms with Gasteiger partial charge in [-0.3, -0.25) is 14.9 Å². The van der Waals surface area contributed by atoms with Crippen molar-refractivity contribution in [3.05, 3.63) is 45.6 Å². The molecule has 0 bridgehead atoms. The van der Waals surface area contributed by atoms with E-state index in [4.69, 9.17) is 16.3 Å². The lowest BCUT2D eigenvalue weighted by atomic mass is 10.2. The lowest BCUT2D eigenvalue weighted by molar-refractivity contribution is -0.384. The third-order valence-electron chi connectivity index (χ3n) is 3.73. The van der Waals surface area contributed by atoms with Gasteiger partial charge in [0, 0.05) is 18.2 Å². The highest BCUT2D eigenvalue weighted by molar-refractivity contribution is 6.32. The molecule has 1 N–H and O–H groups in total. The van der Waals surface area contributed by atoms with Crippen molar-refractivity contribution in [3.63, 3.8) is 0 Å². The molecular formula is C16H19ClN4O4. The van der Waals surface area contributed by atoms with Crippen LogP contribution in [0.3, 0.4) is 0 Å². The van der Waals surface area contributed by atoms with Gasteiger partial charge >= 0.3 is 0 Å². The first-order chi connectivity index (χ1) is 11.8. The minimum absolute atomic E-state index is 0.0681. The normalized spacial score (nSPS) is 13.1. The van der Waals surface area contributed by atoms with Crippen molar-refractivity contribution < 1.29 is 14.5 Å². The molecule has 2 rings (SSSR count). The molecule has 0 saturated heterocycles. The molecule has 0 spiro atoms. The second kappa shape index (κ2) is 7.98. The topological polar surface area (TPSA) is 99.3 Å². The fourth-order valence-electron chi connectivity index (χ4n) is 2.11. The van der Waals surface area contributed by atoms with E-state index < -0.39 is 11.0 Å². The van der Waals surface area contributed by atoms with Crippen molar-refractivity contribution in [1.82, 2.24) is 9.78 Å². The van der Waals surface area contributed by atoms with Crippen LogP contribution in [0.25, 0.3) is 0 Å². The van der Waals surface area contributed by atoms with Gasteiger partial charge in [0.1, 0.15) is 11.6 Å². The molecule has 1 amide bonds. The van der Waals surface area contributed by atoms with Crippen LogP contribution in [-0.2, 0) is 4.79 Å². The number of nitrogens with zero attached hydrogens (tertiary/aromatic N) is 3. The molecule has 2 aromatic rings. The Balaban J connectivity index is 2.06. The van der Waals surface area contributed by atoms with Crippen LogP contribution in [0.2, 0.25) is 5.02 Å². The summed E-state index contributed by atoms with van der Waals surface area (Å²) in [5.41, 5.74) is -0.146. The quantitative estimate of drug-likeness (QED) is 0.593. The minimum atomic E-state index is -0.848. The van der Waals surface area contributed by atoms with Gasteiger partial charge in [-0.2, -0.15) is 5.10 Å². The molecule has 0 fully saturated rings. The number of nitro benzene ring substituents is 1. The van der Waals surface area contributed by atoms with Crippen LogP contribution in [0.1, 0.15) is 33.2 Å². The van der Waals surface area contributed by atoms with Crippen LogP contribution >= 0.6 is 11.6 Å². The standard InChI is InChI=1S/C16H19ClN4O4/c1-4-10(2)20-15(7-8-18-20)19-16(22)11(3)25-14-6-5-12(21(23)24)9-13(14)17/h5-11H,4H2,1-3H3,(H,19,22)/t10-,11-/m1/s1. The first-order valence-corrected chi connectivity index (χ1v) is 8.16. The van der Waals surface area contributed by atoms with Gasteiger partial charge in [0.05, 0.1) is 22.2 Å². The zero-order chi connectivity index (χ0) is 18.6. The van der Waals surface area contributed by atoms with Crippen LogP contribution < -0.4 is 10.1 Å². The number of hydrogen-bond donors (Lipinski definition) is 1. The molecule has 0 saturated carbocycles. The molecule has 1 heterocycles. The summed E-state index contributed by atoms with van der Waals surface area (Å²) in [5, 5.41) is 17.7. The van der Waals surface area contributed by atoms with E-state index in [1.165, 1.54) is 18.2 Å². The number of carbonyl (C=O) groups is 1. The van der Waals surface area contributed by atoms with Crippen LogP contribution in [0.15, 0.2) is 30.5 Å². The van der Waals surface area contributed by atoms with E-state index >= 15 is 0 Å². The van der Waals surface area contributed by atoms with Gasteiger partial charge in [0.2, 0.25) is 0 Å². The average Bonchev–Trinajstić information content (AvgIpc) is 3.03. The van der Waals surface area contributed by atoms with Crippen molar-refractivity contribution in [2.75, 3.05) is 5.32 Å². The van der Waals surface area contributed by atoms with Crippen molar-refractivity contribution in [2.45, 2.75) is 39.3 Å². The summed E-state index contributed by atoms with van der Waals surface area (Å²) in [7, 11) is 0. The molecule has 9 heteroatoms. The van der Waals surface area contributed by atoms with Gasteiger partial charge in [-0.1, -0.05) is 18.5 Å². The average molecular weight is 367 g/mol. The molecule has 8 nitrogen and oxygen atoms in total. The molecule has 0 aliphatic rings. The number of carbonyl (C=O) groups excluding carboxylic acids is 1. The van der Waals surface area contributed by atoms with E-state index in [9.17, 15) is 14.9 Å². The number of rotatable bonds is 7. The second-order valence-corrected chi connectivity index (χ2v) is 5.95. The molecule has 0 radical (unpaired) electrons. The molecule has 2 atom stereocenters. The Hall–Kier alpha value is -2.61. The van der Waals surface area contributed by atoms with E-state index in [0.717, 1.165) is 6.42 Å². The number of non-ortho nitro benzene ring substituents is 1. The van der Waals surface area contributed by atoms with Crippen molar-refractivity contribution in [1.29, 1.82) is 0 Å². The van der Waals surface area contributed by atoms with E-state index in [-0.39, 0.29) is 28.4 Å². The van der Waals surface area contributed by atoms with Crippen LogP contribution in [0.5, 0.6) is 5.75 Å². The largest absolute Gasteiger partial charge is 0.479 e. The first-order valence-electron chi connectivity index (χ1n) is 7.78. The summed E-state index contributed by atoms with van der Waals surface area (Å²) >= 11 is 5.98. The summed E-state index contributed by atoms with van der Waals surface area (Å²) in [6.45, 7) is 5.59. The molecule has 0 aliphatic carbocycles. The SMILES string of the molecule is CC[C@@H](C)n1nccc1NC(=O)[C@@H](C)Oc1ccc([N+](=O)[O-])cc1Cl. The number of ether oxygens (including phenoxy) is 1. The number of nitrogens with one attached hydrogen (secondary N) is 1. The van der Waals surface area contributed by atoms with Gasteiger partial charge < -0.3 is 10.1 Å². The molecule has 1 aromatic carbocycles. The number of aromatic nitrogens is 2. The van der Waals surface area contributed by atoms with E-state index in [1.807, 2.05) is 13.8 Å². The molecule has 0 aliphatic heterocycles. The van der Waals surface area contributed by atoms with Gasteiger partial charge in [-0.25, -0.2) is 4.68 Å². The number of anilines is 1. The Morgan fingerprint density at radius 3 is 2.76 bits per heavy atom. The third-order valence-corrected chi connectivity index (χ3v) is 4.02. The highest BCUT2D eigenvalue weighted by Crippen LogP contribution is 2.29. The van der Waals surface area contributed by atoms with E-state index in [1.54, 1.807) is 23.9 Å². The zero-order valence-electron chi connectivity index (χ0n) is 14.1. The highest BCUT2D eigenvalue weighted by Gasteiger charge is 2.20.